The van der Waals surface area contributed by atoms with E-state index in [-0.39, 0.29) is 17.8 Å². The number of rotatable bonds is 4. The summed E-state index contributed by atoms with van der Waals surface area (Å²) in [6.07, 6.45) is 1.89. The number of ether oxygens (including phenoxy) is 1. The van der Waals surface area contributed by atoms with E-state index in [1.807, 2.05) is 23.1 Å². The van der Waals surface area contributed by atoms with E-state index >= 15 is 0 Å². The molecule has 1 aliphatic rings. The van der Waals surface area contributed by atoms with Gasteiger partial charge in [0.15, 0.2) is 0 Å². The number of nitrogens with one attached hydrogen (secondary N) is 1. The van der Waals surface area contributed by atoms with Crippen molar-refractivity contribution in [3.63, 3.8) is 0 Å². The average molecular weight is 350 g/mol. The summed E-state index contributed by atoms with van der Waals surface area (Å²) in [7, 11) is 0. The number of carbonyl (C=O) groups is 1. The van der Waals surface area contributed by atoms with Gasteiger partial charge in [-0.05, 0) is 42.7 Å². The summed E-state index contributed by atoms with van der Waals surface area (Å²) >= 11 is 0. The standard InChI is InChI=1S/C21H22N2O3/c24-17-6-7-19-16(12-17)13-20(22-19)21(25)23-10-8-18(9-11-23)26-14-15-4-2-1-3-5-15/h1-7,12-13,18,22,24H,8-11,14H2. The molecule has 0 radical (unpaired) electrons. The number of aromatic amines is 1. The Hall–Kier alpha value is -2.79. The first-order valence-electron chi connectivity index (χ1n) is 8.95. The molecule has 0 bridgehead atoms. The number of amides is 1. The summed E-state index contributed by atoms with van der Waals surface area (Å²) in [5.41, 5.74) is 2.59. The maximum atomic E-state index is 12.7. The van der Waals surface area contributed by atoms with Gasteiger partial charge in [-0.15, -0.1) is 0 Å². The lowest BCUT2D eigenvalue weighted by molar-refractivity contribution is -0.000489. The summed E-state index contributed by atoms with van der Waals surface area (Å²) in [4.78, 5) is 17.7. The molecule has 1 fully saturated rings. The number of H-pyrrole nitrogens is 1. The molecule has 0 unspecified atom stereocenters. The Morgan fingerprint density at radius 1 is 1.12 bits per heavy atom. The maximum Gasteiger partial charge on any atom is 0.270 e. The number of aromatic hydroxyl groups is 1. The molecule has 134 valence electrons. The third-order valence-electron chi connectivity index (χ3n) is 4.89. The molecule has 0 saturated carbocycles. The van der Waals surface area contributed by atoms with Gasteiger partial charge in [-0.2, -0.15) is 0 Å². The lowest BCUT2D eigenvalue weighted by Gasteiger charge is -2.31. The van der Waals surface area contributed by atoms with Crippen molar-refractivity contribution in [3.8, 4) is 5.75 Å². The second-order valence-corrected chi connectivity index (χ2v) is 6.74. The molecular formula is C21H22N2O3. The number of carbonyl (C=O) groups excluding carboxylic acids is 1. The SMILES string of the molecule is O=C(c1cc2cc(O)ccc2[nH]1)N1CCC(OCc2ccccc2)CC1. The van der Waals surface area contributed by atoms with Crippen LogP contribution in [0.5, 0.6) is 5.75 Å². The molecule has 0 spiro atoms. The second-order valence-electron chi connectivity index (χ2n) is 6.74. The number of fused-ring (bicyclic) bond motifs is 1. The largest absolute Gasteiger partial charge is 0.508 e. The van der Waals surface area contributed by atoms with Crippen LogP contribution in [0.3, 0.4) is 0 Å². The number of phenolic OH excluding ortho intramolecular Hbond substituents is 1. The second kappa shape index (κ2) is 7.22. The molecule has 5 nitrogen and oxygen atoms in total. The number of benzene rings is 2. The summed E-state index contributed by atoms with van der Waals surface area (Å²) in [5.74, 6) is 0.203. The lowest BCUT2D eigenvalue weighted by atomic mass is 10.1. The van der Waals surface area contributed by atoms with E-state index in [4.69, 9.17) is 4.74 Å². The normalized spacial score (nSPS) is 15.5. The lowest BCUT2D eigenvalue weighted by Crippen LogP contribution is -2.41. The molecule has 5 heteroatoms. The fourth-order valence-electron chi connectivity index (χ4n) is 3.42. The Kier molecular flexibility index (Phi) is 4.63. The van der Waals surface area contributed by atoms with Crippen LogP contribution in [0.1, 0.15) is 28.9 Å². The third kappa shape index (κ3) is 3.58. The molecule has 1 saturated heterocycles. The Morgan fingerprint density at radius 3 is 2.65 bits per heavy atom. The van der Waals surface area contributed by atoms with Crippen LogP contribution in [0.4, 0.5) is 0 Å². The summed E-state index contributed by atoms with van der Waals surface area (Å²) in [6, 6.07) is 17.0. The van der Waals surface area contributed by atoms with Gasteiger partial charge in [0.2, 0.25) is 0 Å². The van der Waals surface area contributed by atoms with Gasteiger partial charge < -0.3 is 19.7 Å². The topological polar surface area (TPSA) is 65.6 Å². The third-order valence-corrected chi connectivity index (χ3v) is 4.89. The predicted molar refractivity (Wildman–Crippen MR) is 100 cm³/mol. The van der Waals surface area contributed by atoms with Crippen LogP contribution in [0.2, 0.25) is 0 Å². The van der Waals surface area contributed by atoms with Gasteiger partial charge in [-0.25, -0.2) is 0 Å². The molecule has 1 amide bonds. The Balaban J connectivity index is 1.34. The van der Waals surface area contributed by atoms with Crippen LogP contribution in [0, 0.1) is 0 Å². The first kappa shape index (κ1) is 16.7. The van der Waals surface area contributed by atoms with Gasteiger partial charge in [-0.1, -0.05) is 30.3 Å². The van der Waals surface area contributed by atoms with E-state index in [2.05, 4.69) is 17.1 Å². The highest BCUT2D eigenvalue weighted by atomic mass is 16.5. The Bertz CT molecular complexity index is 896. The number of phenols is 1. The van der Waals surface area contributed by atoms with E-state index in [9.17, 15) is 9.90 Å². The van der Waals surface area contributed by atoms with E-state index in [0.717, 1.165) is 23.7 Å². The quantitative estimate of drug-likeness (QED) is 0.754. The van der Waals surface area contributed by atoms with Crippen molar-refractivity contribution in [3.05, 3.63) is 65.9 Å². The van der Waals surface area contributed by atoms with Crippen molar-refractivity contribution in [1.29, 1.82) is 0 Å². The van der Waals surface area contributed by atoms with Crippen molar-refractivity contribution in [2.45, 2.75) is 25.6 Å². The number of likely N-dealkylation sites (tertiary alicyclic amines) is 1. The van der Waals surface area contributed by atoms with Gasteiger partial charge in [0.1, 0.15) is 11.4 Å². The fraction of sp³-hybridized carbons (Fsp3) is 0.286. The van der Waals surface area contributed by atoms with Gasteiger partial charge >= 0.3 is 0 Å². The van der Waals surface area contributed by atoms with Crippen LogP contribution in [0.25, 0.3) is 10.9 Å². The molecule has 1 aliphatic heterocycles. The molecule has 2 heterocycles. The minimum absolute atomic E-state index is 0.00204. The summed E-state index contributed by atoms with van der Waals surface area (Å²) in [6.45, 7) is 2.00. The zero-order chi connectivity index (χ0) is 17.9. The summed E-state index contributed by atoms with van der Waals surface area (Å²) < 4.78 is 5.99. The van der Waals surface area contributed by atoms with Gasteiger partial charge in [-0.3, -0.25) is 4.79 Å². The van der Waals surface area contributed by atoms with Crippen LogP contribution in [-0.4, -0.2) is 40.1 Å². The molecule has 26 heavy (non-hydrogen) atoms. The molecule has 1 aromatic heterocycles. The van der Waals surface area contributed by atoms with Crippen LogP contribution in [0.15, 0.2) is 54.6 Å². The highest BCUT2D eigenvalue weighted by Gasteiger charge is 2.25. The van der Waals surface area contributed by atoms with Crippen molar-refractivity contribution >= 4 is 16.8 Å². The Labute approximate surface area is 152 Å². The zero-order valence-corrected chi connectivity index (χ0v) is 14.5. The maximum absolute atomic E-state index is 12.7. The number of piperidine rings is 1. The van der Waals surface area contributed by atoms with Crippen LogP contribution in [-0.2, 0) is 11.3 Å². The molecule has 0 atom stereocenters. The molecular weight excluding hydrogens is 328 g/mol. The van der Waals surface area contributed by atoms with Gasteiger partial charge in [0.05, 0.1) is 12.7 Å². The van der Waals surface area contributed by atoms with Crippen LogP contribution >= 0.6 is 0 Å². The number of aromatic nitrogens is 1. The molecule has 0 aliphatic carbocycles. The number of hydrogen-bond donors (Lipinski definition) is 2. The first-order valence-corrected chi connectivity index (χ1v) is 8.95. The van der Waals surface area contributed by atoms with Crippen molar-refractivity contribution < 1.29 is 14.6 Å². The minimum Gasteiger partial charge on any atom is -0.508 e. The smallest absolute Gasteiger partial charge is 0.270 e. The van der Waals surface area contributed by atoms with E-state index in [0.29, 0.717) is 25.4 Å². The van der Waals surface area contributed by atoms with Gasteiger partial charge in [0, 0.05) is 24.0 Å². The fourth-order valence-corrected chi connectivity index (χ4v) is 3.42. The predicted octanol–water partition coefficient (Wildman–Crippen LogP) is 3.69. The average Bonchev–Trinajstić information content (AvgIpc) is 3.10. The highest BCUT2D eigenvalue weighted by Crippen LogP contribution is 2.23. The number of nitrogens with zero attached hydrogens (tertiary/aromatic N) is 1. The van der Waals surface area contributed by atoms with Crippen molar-refractivity contribution in [2.75, 3.05) is 13.1 Å². The monoisotopic (exact) mass is 350 g/mol. The van der Waals surface area contributed by atoms with E-state index < -0.39 is 0 Å². The molecule has 3 aromatic rings. The van der Waals surface area contributed by atoms with Crippen molar-refractivity contribution in [2.24, 2.45) is 0 Å². The highest BCUT2D eigenvalue weighted by molar-refractivity contribution is 5.98. The molecule has 4 rings (SSSR count). The van der Waals surface area contributed by atoms with Gasteiger partial charge in [0.25, 0.3) is 5.91 Å². The Morgan fingerprint density at radius 2 is 1.88 bits per heavy atom. The van der Waals surface area contributed by atoms with E-state index in [1.54, 1.807) is 24.3 Å². The molecule has 2 aromatic carbocycles. The zero-order valence-electron chi connectivity index (χ0n) is 14.5. The first-order chi connectivity index (χ1) is 12.7. The molecule has 2 N–H and O–H groups in total. The minimum atomic E-state index is 0.00204. The van der Waals surface area contributed by atoms with Crippen LogP contribution < -0.4 is 0 Å². The van der Waals surface area contributed by atoms with Crippen molar-refractivity contribution in [1.82, 2.24) is 9.88 Å². The number of hydrogen-bond acceptors (Lipinski definition) is 3. The van der Waals surface area contributed by atoms with E-state index in [1.165, 1.54) is 5.56 Å². The summed E-state index contributed by atoms with van der Waals surface area (Å²) in [5, 5.41) is 10.4.